The minimum Gasteiger partial charge on any atom is -0.460 e. The van der Waals surface area contributed by atoms with Crippen LogP contribution >= 0.6 is 0 Å². The van der Waals surface area contributed by atoms with Crippen LogP contribution in [0.25, 0.3) is 0 Å². The first-order chi connectivity index (χ1) is 8.19. The summed E-state index contributed by atoms with van der Waals surface area (Å²) < 4.78 is 5.26. The molecule has 0 aliphatic heterocycles. The van der Waals surface area contributed by atoms with E-state index in [1.54, 1.807) is 0 Å². The first-order valence-electron chi connectivity index (χ1n) is 6.00. The summed E-state index contributed by atoms with van der Waals surface area (Å²) in [5.74, 6) is 0.0594. The predicted octanol–water partition coefficient (Wildman–Crippen LogP) is 1.95. The summed E-state index contributed by atoms with van der Waals surface area (Å²) in [7, 11) is 0. The van der Waals surface area contributed by atoms with E-state index in [-0.39, 0.29) is 11.9 Å². The second kappa shape index (κ2) is 5.33. The number of hydrogen-bond acceptors (Lipinski definition) is 5. The van der Waals surface area contributed by atoms with Crippen LogP contribution in [0.3, 0.4) is 0 Å². The Bertz CT molecular complexity index is 427. The summed E-state index contributed by atoms with van der Waals surface area (Å²) in [6.07, 6.45) is 0.902. The van der Waals surface area contributed by atoms with Gasteiger partial charge in [-0.05, 0) is 46.6 Å². The number of aryl methyl sites for hydroxylation is 2. The molecule has 1 aromatic heterocycles. The highest BCUT2D eigenvalue weighted by Crippen LogP contribution is 2.15. The fraction of sp³-hybridized carbons (Fsp3) is 0.615. The molecule has 0 spiro atoms. The fourth-order valence-corrected chi connectivity index (χ4v) is 1.75. The Kier molecular flexibility index (Phi) is 4.27. The van der Waals surface area contributed by atoms with Gasteiger partial charge in [0.15, 0.2) is 0 Å². The van der Waals surface area contributed by atoms with Crippen molar-refractivity contribution in [1.29, 1.82) is 0 Å². The zero-order valence-corrected chi connectivity index (χ0v) is 11.7. The molecule has 100 valence electrons. The Labute approximate surface area is 108 Å². The van der Waals surface area contributed by atoms with Gasteiger partial charge in [0.05, 0.1) is 0 Å². The number of ether oxygens (including phenoxy) is 1. The standard InChI is InChI=1S/C13H21N3O2/c1-8-10(9(2)16-12(14)15-8)6-7-11(17)18-13(3,4)5/h6-7H2,1-5H3,(H2,14,15,16). The minimum atomic E-state index is -0.446. The van der Waals surface area contributed by atoms with Crippen molar-refractivity contribution in [3.8, 4) is 0 Å². The van der Waals surface area contributed by atoms with Crippen molar-refractivity contribution in [1.82, 2.24) is 9.97 Å². The summed E-state index contributed by atoms with van der Waals surface area (Å²) in [5.41, 5.74) is 7.72. The molecule has 2 N–H and O–H groups in total. The number of carbonyl (C=O) groups excluding carboxylic acids is 1. The lowest BCUT2D eigenvalue weighted by Crippen LogP contribution is -2.24. The van der Waals surface area contributed by atoms with Crippen LogP contribution in [-0.2, 0) is 16.0 Å². The molecule has 1 rings (SSSR count). The number of anilines is 1. The van der Waals surface area contributed by atoms with Crippen molar-refractivity contribution in [2.24, 2.45) is 0 Å². The number of nitrogen functional groups attached to an aromatic ring is 1. The van der Waals surface area contributed by atoms with Crippen LogP contribution < -0.4 is 5.73 Å². The van der Waals surface area contributed by atoms with E-state index in [0.717, 1.165) is 17.0 Å². The van der Waals surface area contributed by atoms with Crippen molar-refractivity contribution in [2.75, 3.05) is 5.73 Å². The Balaban J connectivity index is 2.67. The van der Waals surface area contributed by atoms with Crippen molar-refractivity contribution in [2.45, 2.75) is 53.1 Å². The van der Waals surface area contributed by atoms with Gasteiger partial charge in [0, 0.05) is 17.8 Å². The number of nitrogens with two attached hydrogens (primary N) is 1. The van der Waals surface area contributed by atoms with Crippen LogP contribution in [0.15, 0.2) is 0 Å². The number of esters is 1. The third-order valence-corrected chi connectivity index (χ3v) is 2.44. The lowest BCUT2D eigenvalue weighted by molar-refractivity contribution is -0.154. The molecule has 0 fully saturated rings. The number of carbonyl (C=O) groups is 1. The summed E-state index contributed by atoms with van der Waals surface area (Å²) in [5, 5.41) is 0. The molecule has 0 radical (unpaired) electrons. The largest absolute Gasteiger partial charge is 0.460 e. The maximum Gasteiger partial charge on any atom is 0.306 e. The Morgan fingerprint density at radius 1 is 1.22 bits per heavy atom. The van der Waals surface area contributed by atoms with Gasteiger partial charge in [0.1, 0.15) is 5.60 Å². The minimum absolute atomic E-state index is 0.210. The fourth-order valence-electron chi connectivity index (χ4n) is 1.75. The summed E-state index contributed by atoms with van der Waals surface area (Å²) >= 11 is 0. The van der Waals surface area contributed by atoms with Crippen LogP contribution in [0.5, 0.6) is 0 Å². The summed E-state index contributed by atoms with van der Waals surface area (Å²) in [6, 6.07) is 0. The lowest BCUT2D eigenvalue weighted by Gasteiger charge is -2.19. The van der Waals surface area contributed by atoms with Gasteiger partial charge in [-0.2, -0.15) is 0 Å². The third kappa shape index (κ3) is 4.31. The highest BCUT2D eigenvalue weighted by molar-refractivity contribution is 5.70. The van der Waals surface area contributed by atoms with E-state index in [1.165, 1.54) is 0 Å². The topological polar surface area (TPSA) is 78.1 Å². The van der Waals surface area contributed by atoms with E-state index >= 15 is 0 Å². The molecule has 0 saturated carbocycles. The molecule has 0 unspecified atom stereocenters. The van der Waals surface area contributed by atoms with Gasteiger partial charge in [-0.25, -0.2) is 9.97 Å². The smallest absolute Gasteiger partial charge is 0.306 e. The van der Waals surface area contributed by atoms with E-state index in [0.29, 0.717) is 12.8 Å². The monoisotopic (exact) mass is 251 g/mol. The van der Waals surface area contributed by atoms with Crippen LogP contribution in [0, 0.1) is 13.8 Å². The molecule has 0 aromatic carbocycles. The van der Waals surface area contributed by atoms with Crippen molar-refractivity contribution in [3.05, 3.63) is 17.0 Å². The highest BCUT2D eigenvalue weighted by Gasteiger charge is 2.17. The van der Waals surface area contributed by atoms with Gasteiger partial charge in [-0.1, -0.05) is 0 Å². The Hall–Kier alpha value is -1.65. The first-order valence-corrected chi connectivity index (χ1v) is 6.00. The number of hydrogen-bond donors (Lipinski definition) is 1. The highest BCUT2D eigenvalue weighted by atomic mass is 16.6. The molecular formula is C13H21N3O2. The zero-order chi connectivity index (χ0) is 13.9. The second-order valence-corrected chi connectivity index (χ2v) is 5.32. The van der Waals surface area contributed by atoms with E-state index in [1.807, 2.05) is 34.6 Å². The average molecular weight is 251 g/mol. The SMILES string of the molecule is Cc1nc(N)nc(C)c1CCC(=O)OC(C)(C)C. The number of rotatable bonds is 3. The molecule has 5 nitrogen and oxygen atoms in total. The van der Waals surface area contributed by atoms with Gasteiger partial charge >= 0.3 is 5.97 Å². The summed E-state index contributed by atoms with van der Waals surface area (Å²) in [4.78, 5) is 19.8. The molecule has 5 heteroatoms. The normalized spacial score (nSPS) is 11.4. The van der Waals surface area contributed by atoms with Gasteiger partial charge < -0.3 is 10.5 Å². The Morgan fingerprint density at radius 2 is 1.72 bits per heavy atom. The molecule has 18 heavy (non-hydrogen) atoms. The van der Waals surface area contributed by atoms with E-state index in [4.69, 9.17) is 10.5 Å². The van der Waals surface area contributed by atoms with Gasteiger partial charge in [0.2, 0.25) is 5.95 Å². The lowest BCUT2D eigenvalue weighted by atomic mass is 10.1. The molecule has 1 heterocycles. The van der Waals surface area contributed by atoms with E-state index in [9.17, 15) is 4.79 Å². The van der Waals surface area contributed by atoms with Crippen LogP contribution in [0.4, 0.5) is 5.95 Å². The molecule has 0 aliphatic carbocycles. The predicted molar refractivity (Wildman–Crippen MR) is 70.1 cm³/mol. The van der Waals surface area contributed by atoms with Gasteiger partial charge in [0.25, 0.3) is 0 Å². The van der Waals surface area contributed by atoms with Crippen LogP contribution in [-0.4, -0.2) is 21.5 Å². The maximum atomic E-state index is 11.6. The summed E-state index contributed by atoms with van der Waals surface area (Å²) in [6.45, 7) is 9.31. The molecule has 0 atom stereocenters. The van der Waals surface area contributed by atoms with Crippen LogP contribution in [0.1, 0.15) is 44.1 Å². The van der Waals surface area contributed by atoms with Crippen molar-refractivity contribution < 1.29 is 9.53 Å². The van der Waals surface area contributed by atoms with Gasteiger partial charge in [-0.3, -0.25) is 4.79 Å². The average Bonchev–Trinajstić information content (AvgIpc) is 2.12. The van der Waals surface area contributed by atoms with Crippen LogP contribution in [0.2, 0.25) is 0 Å². The molecule has 0 bridgehead atoms. The van der Waals surface area contributed by atoms with E-state index in [2.05, 4.69) is 9.97 Å². The van der Waals surface area contributed by atoms with Crippen molar-refractivity contribution >= 4 is 11.9 Å². The maximum absolute atomic E-state index is 11.6. The quantitative estimate of drug-likeness (QED) is 0.831. The Morgan fingerprint density at radius 3 is 2.17 bits per heavy atom. The molecular weight excluding hydrogens is 230 g/mol. The second-order valence-electron chi connectivity index (χ2n) is 5.32. The van der Waals surface area contributed by atoms with Crippen molar-refractivity contribution in [3.63, 3.8) is 0 Å². The molecule has 1 aromatic rings. The molecule has 0 saturated heterocycles. The van der Waals surface area contributed by atoms with Gasteiger partial charge in [-0.15, -0.1) is 0 Å². The molecule has 0 amide bonds. The first kappa shape index (κ1) is 14.4. The third-order valence-electron chi connectivity index (χ3n) is 2.44. The van der Waals surface area contributed by atoms with E-state index < -0.39 is 5.60 Å². The number of nitrogens with zero attached hydrogens (tertiary/aromatic N) is 2. The zero-order valence-electron chi connectivity index (χ0n) is 11.7. The number of aromatic nitrogens is 2. The molecule has 0 aliphatic rings.